The molecule has 0 spiro atoms. The fourth-order valence-electron chi connectivity index (χ4n) is 2.92. The fraction of sp³-hybridized carbons (Fsp3) is 0.316. The zero-order valence-electron chi connectivity index (χ0n) is 15.1. The van der Waals surface area contributed by atoms with Crippen molar-refractivity contribution in [3.05, 3.63) is 64.2 Å². The Kier molecular flexibility index (Phi) is 5.11. The highest BCUT2D eigenvalue weighted by atomic mass is 32.1. The highest BCUT2D eigenvalue weighted by Crippen LogP contribution is 2.17. The van der Waals surface area contributed by atoms with Crippen molar-refractivity contribution in [2.75, 3.05) is 7.05 Å². The number of aromatic nitrogens is 4. The van der Waals surface area contributed by atoms with Gasteiger partial charge in [-0.3, -0.25) is 9.88 Å². The summed E-state index contributed by atoms with van der Waals surface area (Å²) in [6.45, 7) is 5.77. The summed E-state index contributed by atoms with van der Waals surface area (Å²) in [7, 11) is 4.03. The molecule has 0 atom stereocenters. The van der Waals surface area contributed by atoms with Crippen LogP contribution in [0.2, 0.25) is 0 Å². The SMILES string of the molecule is Cc1ccc(CN(C)Cn2nc(-c3cccnc3)n(C)c2=S)c(C)c1. The molecule has 0 saturated heterocycles. The molecule has 3 aromatic rings. The molecule has 2 heterocycles. The number of nitrogens with zero attached hydrogens (tertiary/aromatic N) is 5. The second-order valence-electron chi connectivity index (χ2n) is 6.49. The second kappa shape index (κ2) is 7.29. The van der Waals surface area contributed by atoms with Gasteiger partial charge in [0.15, 0.2) is 10.6 Å². The zero-order chi connectivity index (χ0) is 18.0. The molecule has 0 aliphatic rings. The minimum atomic E-state index is 0.639. The van der Waals surface area contributed by atoms with Gasteiger partial charge in [-0.15, -0.1) is 0 Å². The molecule has 0 fully saturated rings. The first-order chi connectivity index (χ1) is 12.0. The van der Waals surface area contributed by atoms with Gasteiger partial charge >= 0.3 is 0 Å². The van der Waals surface area contributed by atoms with Crippen LogP contribution in [0.4, 0.5) is 0 Å². The molecule has 2 aromatic heterocycles. The molecule has 130 valence electrons. The van der Waals surface area contributed by atoms with E-state index in [1.807, 2.05) is 28.4 Å². The Morgan fingerprint density at radius 2 is 2.00 bits per heavy atom. The van der Waals surface area contributed by atoms with E-state index in [1.165, 1.54) is 16.7 Å². The van der Waals surface area contributed by atoms with Crippen molar-refractivity contribution >= 4 is 12.2 Å². The van der Waals surface area contributed by atoms with Crippen LogP contribution in [0.3, 0.4) is 0 Å². The fourth-order valence-corrected chi connectivity index (χ4v) is 3.10. The lowest BCUT2D eigenvalue weighted by Crippen LogP contribution is -2.23. The number of rotatable bonds is 5. The molecule has 0 aliphatic heterocycles. The van der Waals surface area contributed by atoms with Gasteiger partial charge in [-0.2, -0.15) is 5.10 Å². The zero-order valence-corrected chi connectivity index (χ0v) is 15.9. The summed E-state index contributed by atoms with van der Waals surface area (Å²) in [4.78, 5) is 6.38. The highest BCUT2D eigenvalue weighted by Gasteiger charge is 2.12. The van der Waals surface area contributed by atoms with Crippen LogP contribution >= 0.6 is 12.2 Å². The van der Waals surface area contributed by atoms with Crippen LogP contribution in [0.25, 0.3) is 11.4 Å². The minimum absolute atomic E-state index is 0.639. The van der Waals surface area contributed by atoms with Crippen LogP contribution in [0.1, 0.15) is 16.7 Å². The van der Waals surface area contributed by atoms with Crippen LogP contribution in [0.15, 0.2) is 42.7 Å². The first-order valence-electron chi connectivity index (χ1n) is 8.24. The van der Waals surface area contributed by atoms with Gasteiger partial charge in [-0.05, 0) is 56.4 Å². The van der Waals surface area contributed by atoms with E-state index in [1.54, 1.807) is 12.4 Å². The van der Waals surface area contributed by atoms with E-state index >= 15 is 0 Å². The molecule has 3 rings (SSSR count). The average Bonchev–Trinajstić information content (AvgIpc) is 2.87. The number of aryl methyl sites for hydroxylation is 2. The maximum Gasteiger partial charge on any atom is 0.199 e. The van der Waals surface area contributed by atoms with E-state index in [4.69, 9.17) is 17.3 Å². The number of hydrogen-bond donors (Lipinski definition) is 0. The molecular formula is C19H23N5S. The van der Waals surface area contributed by atoms with Crippen molar-refractivity contribution in [1.29, 1.82) is 0 Å². The normalized spacial score (nSPS) is 11.2. The predicted octanol–water partition coefficient (Wildman–Crippen LogP) is 3.72. The van der Waals surface area contributed by atoms with Gasteiger partial charge in [0.1, 0.15) is 0 Å². The Hall–Kier alpha value is -2.31. The van der Waals surface area contributed by atoms with Gasteiger partial charge in [-0.1, -0.05) is 23.8 Å². The molecule has 0 bridgehead atoms. The lowest BCUT2D eigenvalue weighted by Gasteiger charge is -2.18. The van der Waals surface area contributed by atoms with Crippen LogP contribution in [-0.2, 0) is 20.3 Å². The average molecular weight is 353 g/mol. The third-order valence-electron chi connectivity index (χ3n) is 4.27. The van der Waals surface area contributed by atoms with Crippen LogP contribution < -0.4 is 0 Å². The summed E-state index contributed by atoms with van der Waals surface area (Å²) in [6.07, 6.45) is 3.56. The second-order valence-corrected chi connectivity index (χ2v) is 6.86. The summed E-state index contributed by atoms with van der Waals surface area (Å²) in [6, 6.07) is 10.5. The summed E-state index contributed by atoms with van der Waals surface area (Å²) >= 11 is 5.56. The van der Waals surface area contributed by atoms with Gasteiger partial charge in [0.05, 0.1) is 6.67 Å². The Bertz CT molecular complexity index is 927. The lowest BCUT2D eigenvalue weighted by molar-refractivity contribution is 0.243. The van der Waals surface area contributed by atoms with Crippen molar-refractivity contribution in [2.45, 2.75) is 27.1 Å². The Morgan fingerprint density at radius 1 is 1.20 bits per heavy atom. The van der Waals surface area contributed by atoms with Crippen molar-refractivity contribution in [3.63, 3.8) is 0 Å². The van der Waals surface area contributed by atoms with Gasteiger partial charge in [0.2, 0.25) is 0 Å². The third-order valence-corrected chi connectivity index (χ3v) is 4.76. The van der Waals surface area contributed by atoms with Gasteiger partial charge in [-0.25, -0.2) is 4.68 Å². The highest BCUT2D eigenvalue weighted by molar-refractivity contribution is 7.71. The molecule has 5 nitrogen and oxygen atoms in total. The molecule has 0 saturated carbocycles. The molecule has 0 N–H and O–H groups in total. The van der Waals surface area contributed by atoms with Crippen LogP contribution in [0, 0.1) is 18.6 Å². The van der Waals surface area contributed by atoms with E-state index in [0.717, 1.165) is 17.9 Å². The summed E-state index contributed by atoms with van der Waals surface area (Å²) in [5.74, 6) is 0.831. The topological polar surface area (TPSA) is 38.9 Å². The maximum atomic E-state index is 5.56. The van der Waals surface area contributed by atoms with Crippen LogP contribution in [-0.4, -0.2) is 31.3 Å². The van der Waals surface area contributed by atoms with E-state index in [-0.39, 0.29) is 0 Å². The molecule has 0 radical (unpaired) electrons. The molecule has 0 unspecified atom stereocenters. The lowest BCUT2D eigenvalue weighted by atomic mass is 10.1. The smallest absolute Gasteiger partial charge is 0.199 e. The third kappa shape index (κ3) is 3.86. The minimum Gasteiger partial charge on any atom is -0.303 e. The van der Waals surface area contributed by atoms with E-state index in [9.17, 15) is 0 Å². The molecule has 0 amide bonds. The molecular weight excluding hydrogens is 330 g/mol. The first kappa shape index (κ1) is 17.5. The van der Waals surface area contributed by atoms with Gasteiger partial charge < -0.3 is 4.57 Å². The van der Waals surface area contributed by atoms with Gasteiger partial charge in [0.25, 0.3) is 0 Å². The summed E-state index contributed by atoms with van der Waals surface area (Å²) < 4.78 is 4.49. The summed E-state index contributed by atoms with van der Waals surface area (Å²) in [5.41, 5.74) is 4.89. The Morgan fingerprint density at radius 3 is 2.68 bits per heavy atom. The van der Waals surface area contributed by atoms with Crippen molar-refractivity contribution in [2.24, 2.45) is 7.05 Å². The number of benzene rings is 1. The predicted molar refractivity (Wildman–Crippen MR) is 103 cm³/mol. The van der Waals surface area contributed by atoms with E-state index < -0.39 is 0 Å². The quantitative estimate of drug-likeness (QED) is 0.655. The molecule has 6 heteroatoms. The van der Waals surface area contributed by atoms with Crippen molar-refractivity contribution in [1.82, 2.24) is 24.2 Å². The Labute approximate surface area is 153 Å². The molecule has 25 heavy (non-hydrogen) atoms. The van der Waals surface area contributed by atoms with E-state index in [2.05, 4.69) is 49.0 Å². The van der Waals surface area contributed by atoms with E-state index in [0.29, 0.717) is 11.4 Å². The van der Waals surface area contributed by atoms with Crippen LogP contribution in [0.5, 0.6) is 0 Å². The number of pyridine rings is 1. The monoisotopic (exact) mass is 353 g/mol. The van der Waals surface area contributed by atoms with Crippen molar-refractivity contribution < 1.29 is 0 Å². The standard InChI is InChI=1S/C19H23N5S/c1-14-7-8-17(15(2)10-14)12-22(3)13-24-19(25)23(4)18(21-24)16-6-5-9-20-11-16/h5-11H,12-13H2,1-4H3. The summed E-state index contributed by atoms with van der Waals surface area (Å²) in [5, 5.41) is 4.69. The van der Waals surface area contributed by atoms with Gasteiger partial charge in [0, 0.05) is 31.5 Å². The largest absolute Gasteiger partial charge is 0.303 e. The first-order valence-corrected chi connectivity index (χ1v) is 8.65. The molecule has 1 aromatic carbocycles. The number of hydrogen-bond acceptors (Lipinski definition) is 4. The maximum absolute atomic E-state index is 5.56. The van der Waals surface area contributed by atoms with Crippen molar-refractivity contribution in [3.8, 4) is 11.4 Å². The molecule has 0 aliphatic carbocycles. The Balaban J connectivity index is 1.80.